The Morgan fingerprint density at radius 1 is 1.19 bits per heavy atom. The van der Waals surface area contributed by atoms with Crippen molar-refractivity contribution < 1.29 is 4.74 Å². The highest BCUT2D eigenvalue weighted by atomic mass is 16.5. The first-order valence-electron chi connectivity index (χ1n) is 9.87. The molecule has 3 nitrogen and oxygen atoms in total. The first kappa shape index (κ1) is 20.3. The van der Waals surface area contributed by atoms with Crippen LogP contribution in [0.4, 0.5) is 0 Å². The second kappa shape index (κ2) is 11.6. The standard InChI is InChI=1S/C23H32N2O/c1-4-6-10-16-26-19(3)12-8-7-9-13-20-14-15-22-23(17-20)24-18-21(25-22)11-5-2/h5,9,13-15,17-19H,2,4,6-8,10-12,16H2,1,3H3/b13-9+. The Hall–Kier alpha value is -2.00. The predicted molar refractivity (Wildman–Crippen MR) is 111 cm³/mol. The van der Waals surface area contributed by atoms with Gasteiger partial charge in [0.15, 0.2) is 0 Å². The minimum Gasteiger partial charge on any atom is -0.379 e. The van der Waals surface area contributed by atoms with Crippen LogP contribution >= 0.6 is 0 Å². The van der Waals surface area contributed by atoms with Crippen molar-refractivity contribution >= 4 is 17.1 Å². The van der Waals surface area contributed by atoms with E-state index < -0.39 is 0 Å². The molecule has 0 fully saturated rings. The molecule has 1 atom stereocenters. The van der Waals surface area contributed by atoms with Crippen molar-refractivity contribution in [1.29, 1.82) is 0 Å². The lowest BCUT2D eigenvalue weighted by atomic mass is 10.1. The average molecular weight is 353 g/mol. The van der Waals surface area contributed by atoms with Crippen molar-refractivity contribution in [2.45, 2.75) is 64.9 Å². The van der Waals surface area contributed by atoms with E-state index in [0.717, 1.165) is 49.0 Å². The molecule has 0 bridgehead atoms. The first-order valence-corrected chi connectivity index (χ1v) is 9.87. The van der Waals surface area contributed by atoms with Crippen LogP contribution in [0.25, 0.3) is 17.1 Å². The fraction of sp³-hybridized carbons (Fsp3) is 0.478. The Kier molecular flexibility index (Phi) is 9.05. The molecule has 0 aliphatic carbocycles. The summed E-state index contributed by atoms with van der Waals surface area (Å²) in [6.45, 7) is 9.05. The largest absolute Gasteiger partial charge is 0.379 e. The summed E-state index contributed by atoms with van der Waals surface area (Å²) in [6.07, 6.45) is 16.3. The number of nitrogens with zero attached hydrogens (tertiary/aromatic N) is 2. The van der Waals surface area contributed by atoms with Crippen LogP contribution in [0.5, 0.6) is 0 Å². The lowest BCUT2D eigenvalue weighted by Gasteiger charge is -2.11. The number of fused-ring (bicyclic) bond motifs is 1. The lowest BCUT2D eigenvalue weighted by molar-refractivity contribution is 0.0566. The molecule has 0 spiro atoms. The molecule has 0 N–H and O–H groups in total. The minimum absolute atomic E-state index is 0.362. The maximum Gasteiger partial charge on any atom is 0.0892 e. The summed E-state index contributed by atoms with van der Waals surface area (Å²) in [6, 6.07) is 6.24. The molecule has 2 rings (SSSR count). The number of hydrogen-bond donors (Lipinski definition) is 0. The summed E-state index contributed by atoms with van der Waals surface area (Å²) in [5.74, 6) is 0. The Balaban J connectivity index is 1.75. The zero-order valence-corrected chi connectivity index (χ0v) is 16.3. The molecule has 0 aliphatic heterocycles. The van der Waals surface area contributed by atoms with Gasteiger partial charge in [0.1, 0.15) is 0 Å². The minimum atomic E-state index is 0.362. The maximum absolute atomic E-state index is 5.84. The normalized spacial score (nSPS) is 12.7. The molecule has 1 unspecified atom stereocenters. The molecule has 1 aromatic carbocycles. The summed E-state index contributed by atoms with van der Waals surface area (Å²) in [5, 5.41) is 0. The van der Waals surface area contributed by atoms with Gasteiger partial charge in [0, 0.05) is 19.2 Å². The molecule has 0 saturated carbocycles. The fourth-order valence-electron chi connectivity index (χ4n) is 2.88. The van der Waals surface area contributed by atoms with E-state index in [1.807, 2.05) is 18.3 Å². The van der Waals surface area contributed by atoms with Crippen molar-refractivity contribution in [3.63, 3.8) is 0 Å². The van der Waals surface area contributed by atoms with E-state index in [1.54, 1.807) is 0 Å². The van der Waals surface area contributed by atoms with Crippen molar-refractivity contribution in [1.82, 2.24) is 9.97 Å². The third-order valence-electron chi connectivity index (χ3n) is 4.41. The summed E-state index contributed by atoms with van der Waals surface area (Å²) in [5.41, 5.74) is 4.01. The third-order valence-corrected chi connectivity index (χ3v) is 4.41. The number of hydrogen-bond acceptors (Lipinski definition) is 3. The number of rotatable bonds is 12. The van der Waals surface area contributed by atoms with E-state index in [0.29, 0.717) is 6.10 Å². The second-order valence-corrected chi connectivity index (χ2v) is 6.82. The molecule has 3 heteroatoms. The SMILES string of the molecule is C=CCc1cnc2cc(/C=C/CCCC(C)OCCCCC)ccc2n1. The van der Waals surface area contributed by atoms with Gasteiger partial charge >= 0.3 is 0 Å². The molecule has 26 heavy (non-hydrogen) atoms. The molecule has 140 valence electrons. The van der Waals surface area contributed by atoms with Crippen molar-refractivity contribution in [3.05, 3.63) is 54.4 Å². The van der Waals surface area contributed by atoms with Crippen molar-refractivity contribution in [2.75, 3.05) is 6.61 Å². The molecular formula is C23H32N2O. The van der Waals surface area contributed by atoms with Crippen LogP contribution in [0.2, 0.25) is 0 Å². The highest BCUT2D eigenvalue weighted by Gasteiger charge is 2.01. The van der Waals surface area contributed by atoms with Crippen LogP contribution < -0.4 is 0 Å². The van der Waals surface area contributed by atoms with Gasteiger partial charge in [-0.05, 0) is 50.3 Å². The zero-order valence-electron chi connectivity index (χ0n) is 16.3. The predicted octanol–water partition coefficient (Wildman–Crippen LogP) is 6.14. The fourth-order valence-corrected chi connectivity index (χ4v) is 2.88. The number of unbranched alkanes of at least 4 members (excludes halogenated alkanes) is 3. The Morgan fingerprint density at radius 2 is 2.08 bits per heavy atom. The Bertz CT molecular complexity index is 708. The Labute approximate surface area is 158 Å². The van der Waals surface area contributed by atoms with Crippen LogP contribution in [-0.4, -0.2) is 22.7 Å². The van der Waals surface area contributed by atoms with Gasteiger partial charge in [-0.15, -0.1) is 6.58 Å². The monoisotopic (exact) mass is 352 g/mol. The molecule has 0 radical (unpaired) electrons. The Morgan fingerprint density at radius 3 is 2.88 bits per heavy atom. The van der Waals surface area contributed by atoms with Gasteiger partial charge in [-0.25, -0.2) is 4.98 Å². The van der Waals surface area contributed by atoms with Crippen LogP contribution in [0.1, 0.15) is 63.6 Å². The number of aromatic nitrogens is 2. The summed E-state index contributed by atoms with van der Waals surface area (Å²) >= 11 is 0. The van der Waals surface area contributed by atoms with E-state index in [4.69, 9.17) is 4.74 Å². The highest BCUT2D eigenvalue weighted by Crippen LogP contribution is 2.15. The van der Waals surface area contributed by atoms with E-state index >= 15 is 0 Å². The summed E-state index contributed by atoms with van der Waals surface area (Å²) in [4.78, 5) is 9.11. The summed E-state index contributed by atoms with van der Waals surface area (Å²) < 4.78 is 5.84. The number of ether oxygens (including phenoxy) is 1. The summed E-state index contributed by atoms with van der Waals surface area (Å²) in [7, 11) is 0. The molecule has 1 aromatic heterocycles. The van der Waals surface area contributed by atoms with Gasteiger partial charge in [-0.1, -0.05) is 44.1 Å². The molecule has 1 heterocycles. The topological polar surface area (TPSA) is 35.0 Å². The third kappa shape index (κ3) is 7.09. The molecule has 0 amide bonds. The average Bonchev–Trinajstić information content (AvgIpc) is 2.65. The molecule has 0 aliphatic rings. The smallest absolute Gasteiger partial charge is 0.0892 e. The van der Waals surface area contributed by atoms with Crippen LogP contribution in [0.3, 0.4) is 0 Å². The molecular weight excluding hydrogens is 320 g/mol. The number of benzene rings is 1. The quantitative estimate of drug-likeness (QED) is 0.340. The highest BCUT2D eigenvalue weighted by molar-refractivity contribution is 5.77. The second-order valence-electron chi connectivity index (χ2n) is 6.82. The van der Waals surface area contributed by atoms with Crippen molar-refractivity contribution in [3.8, 4) is 0 Å². The van der Waals surface area contributed by atoms with Gasteiger partial charge < -0.3 is 4.74 Å². The van der Waals surface area contributed by atoms with E-state index in [2.05, 4.69) is 54.7 Å². The van der Waals surface area contributed by atoms with Crippen molar-refractivity contribution in [2.24, 2.45) is 0 Å². The van der Waals surface area contributed by atoms with Gasteiger partial charge in [0.25, 0.3) is 0 Å². The van der Waals surface area contributed by atoms with E-state index in [1.165, 1.54) is 24.8 Å². The molecule has 0 saturated heterocycles. The van der Waals surface area contributed by atoms with Crippen LogP contribution in [0.15, 0.2) is 43.1 Å². The zero-order chi connectivity index (χ0) is 18.6. The van der Waals surface area contributed by atoms with Crippen LogP contribution in [-0.2, 0) is 11.2 Å². The van der Waals surface area contributed by atoms with E-state index in [9.17, 15) is 0 Å². The van der Waals surface area contributed by atoms with Crippen LogP contribution in [0, 0.1) is 0 Å². The lowest BCUT2D eigenvalue weighted by Crippen LogP contribution is -2.08. The van der Waals surface area contributed by atoms with E-state index in [-0.39, 0.29) is 0 Å². The number of allylic oxidation sites excluding steroid dienone is 2. The first-order chi connectivity index (χ1) is 12.7. The van der Waals surface area contributed by atoms with Gasteiger partial charge in [0.05, 0.1) is 22.8 Å². The maximum atomic E-state index is 5.84. The van der Waals surface area contributed by atoms with Gasteiger partial charge in [0.2, 0.25) is 0 Å². The van der Waals surface area contributed by atoms with Gasteiger partial charge in [-0.2, -0.15) is 0 Å². The van der Waals surface area contributed by atoms with Gasteiger partial charge in [-0.3, -0.25) is 4.98 Å². The molecule has 2 aromatic rings.